The highest BCUT2D eigenvalue weighted by molar-refractivity contribution is 6.06. The Kier molecular flexibility index (Phi) is 3.53. The zero-order chi connectivity index (χ0) is 16.4. The zero-order valence-corrected chi connectivity index (χ0v) is 13.0. The van der Waals surface area contributed by atoms with Crippen LogP contribution in [0.5, 0.6) is 0 Å². The van der Waals surface area contributed by atoms with Crippen molar-refractivity contribution in [1.82, 2.24) is 9.97 Å². The molecule has 0 aliphatic rings. The lowest BCUT2D eigenvalue weighted by Gasteiger charge is -2.06. The zero-order valence-electron chi connectivity index (χ0n) is 13.0. The number of fused-ring (bicyclic) bond motifs is 3. The van der Waals surface area contributed by atoms with Crippen LogP contribution >= 0.6 is 0 Å². The second-order valence-corrected chi connectivity index (χ2v) is 5.52. The van der Waals surface area contributed by atoms with Gasteiger partial charge in [-0.1, -0.05) is 60.7 Å². The van der Waals surface area contributed by atoms with Crippen molar-refractivity contribution in [2.45, 2.75) is 0 Å². The molecule has 0 fully saturated rings. The van der Waals surface area contributed by atoms with E-state index >= 15 is 0 Å². The van der Waals surface area contributed by atoms with Crippen molar-refractivity contribution in [1.29, 1.82) is 0 Å². The van der Waals surface area contributed by atoms with Gasteiger partial charge in [-0.3, -0.25) is 4.98 Å². The first-order valence-corrected chi connectivity index (χ1v) is 7.73. The van der Waals surface area contributed by atoms with Crippen LogP contribution in [0.3, 0.4) is 0 Å². The third-order valence-corrected chi connectivity index (χ3v) is 3.98. The summed E-state index contributed by atoms with van der Waals surface area (Å²) in [5.41, 5.74) is 4.50. The minimum Gasteiger partial charge on any atom is -0.253 e. The molecule has 2 aromatic carbocycles. The van der Waals surface area contributed by atoms with Crippen molar-refractivity contribution in [2.75, 3.05) is 0 Å². The van der Waals surface area contributed by atoms with Gasteiger partial charge in [0, 0.05) is 17.0 Å². The Labute approximate surface area is 140 Å². The molecule has 0 aliphatic carbocycles. The number of pyridine rings is 2. The quantitative estimate of drug-likeness (QED) is 0.298. The maximum Gasteiger partial charge on any atom is 0.139 e. The number of nitrogens with zero attached hydrogens (tertiary/aromatic N) is 2. The summed E-state index contributed by atoms with van der Waals surface area (Å²) in [4.78, 5) is 8.99. The van der Waals surface area contributed by atoms with Gasteiger partial charge in [-0.15, -0.1) is 6.42 Å². The summed E-state index contributed by atoms with van der Waals surface area (Å²) in [6.07, 6.45) is 11.5. The van der Waals surface area contributed by atoms with Crippen LogP contribution in [0, 0.1) is 12.3 Å². The monoisotopic (exact) mass is 306 g/mol. The van der Waals surface area contributed by atoms with E-state index < -0.39 is 0 Å². The average molecular weight is 306 g/mol. The molecule has 2 heterocycles. The molecule has 0 unspecified atom stereocenters. The Bertz CT molecular complexity index is 1100. The van der Waals surface area contributed by atoms with Gasteiger partial charge in [-0.2, -0.15) is 0 Å². The predicted octanol–water partition coefficient (Wildman–Crippen LogP) is 4.93. The van der Waals surface area contributed by atoms with E-state index in [1.807, 2.05) is 30.3 Å². The van der Waals surface area contributed by atoms with Crippen molar-refractivity contribution in [3.8, 4) is 12.3 Å². The Morgan fingerprint density at radius 1 is 0.833 bits per heavy atom. The molecule has 0 N–H and O–H groups in total. The first-order chi connectivity index (χ1) is 11.8. The number of hydrogen-bond donors (Lipinski definition) is 0. The average Bonchev–Trinajstić information content (AvgIpc) is 2.66. The summed E-state index contributed by atoms with van der Waals surface area (Å²) < 4.78 is 0. The number of terminal acetylenes is 1. The first kappa shape index (κ1) is 14.2. The molecule has 24 heavy (non-hydrogen) atoms. The fourth-order valence-electron chi connectivity index (χ4n) is 2.81. The Morgan fingerprint density at radius 3 is 2.50 bits per heavy atom. The number of aromatic nitrogens is 2. The molecule has 0 radical (unpaired) electrons. The first-order valence-electron chi connectivity index (χ1n) is 7.73. The fraction of sp³-hybridized carbons (Fsp3) is 0. The highest BCUT2D eigenvalue weighted by Crippen LogP contribution is 2.25. The highest BCUT2D eigenvalue weighted by atomic mass is 14.8. The predicted molar refractivity (Wildman–Crippen MR) is 100 cm³/mol. The molecular weight excluding hydrogens is 292 g/mol. The summed E-state index contributed by atoms with van der Waals surface area (Å²) in [6.45, 7) is 0. The van der Waals surface area contributed by atoms with E-state index in [9.17, 15) is 0 Å². The molecule has 0 aliphatic heterocycles. The summed E-state index contributed by atoms with van der Waals surface area (Å²) in [7, 11) is 0. The smallest absolute Gasteiger partial charge is 0.139 e. The van der Waals surface area contributed by atoms with Crippen molar-refractivity contribution in [3.05, 3.63) is 83.7 Å². The Morgan fingerprint density at radius 2 is 1.67 bits per heavy atom. The second kappa shape index (κ2) is 5.98. The molecule has 0 bridgehead atoms. The Hall–Kier alpha value is -3.44. The Balaban J connectivity index is 1.85. The molecule has 0 saturated carbocycles. The van der Waals surface area contributed by atoms with Crippen molar-refractivity contribution in [3.63, 3.8) is 0 Å². The van der Waals surface area contributed by atoms with Crippen LogP contribution in [0.2, 0.25) is 0 Å². The standard InChI is InChI=1S/C22H14N2/c1-2-20-22-19(9-6-14-23-22)18-13-12-17(15-21(18)24-20)11-10-16-7-4-3-5-8-16/h1,3-15H/b11-10+. The lowest BCUT2D eigenvalue weighted by molar-refractivity contribution is 1.33. The summed E-state index contributed by atoms with van der Waals surface area (Å²) in [5.74, 6) is 2.65. The van der Waals surface area contributed by atoms with Gasteiger partial charge >= 0.3 is 0 Å². The van der Waals surface area contributed by atoms with Crippen LogP contribution < -0.4 is 0 Å². The van der Waals surface area contributed by atoms with E-state index in [2.05, 4.69) is 58.4 Å². The number of benzene rings is 2. The van der Waals surface area contributed by atoms with E-state index in [1.165, 1.54) is 0 Å². The van der Waals surface area contributed by atoms with Crippen LogP contribution in [-0.4, -0.2) is 9.97 Å². The van der Waals surface area contributed by atoms with Gasteiger partial charge in [-0.25, -0.2) is 4.98 Å². The van der Waals surface area contributed by atoms with Gasteiger partial charge in [-0.05, 0) is 29.2 Å². The van der Waals surface area contributed by atoms with Gasteiger partial charge in [0.1, 0.15) is 11.2 Å². The van der Waals surface area contributed by atoms with E-state index in [0.717, 1.165) is 32.9 Å². The SMILES string of the molecule is C#Cc1nc2cc(/C=C/c3ccccc3)ccc2c2cccnc12. The highest BCUT2D eigenvalue weighted by Gasteiger charge is 2.07. The van der Waals surface area contributed by atoms with Crippen LogP contribution in [-0.2, 0) is 0 Å². The maximum absolute atomic E-state index is 5.61. The second-order valence-electron chi connectivity index (χ2n) is 5.52. The summed E-state index contributed by atoms with van der Waals surface area (Å²) >= 11 is 0. The normalized spacial score (nSPS) is 11.1. The van der Waals surface area contributed by atoms with Crippen molar-refractivity contribution >= 4 is 34.0 Å². The van der Waals surface area contributed by atoms with Gasteiger partial charge < -0.3 is 0 Å². The molecule has 112 valence electrons. The number of hydrogen-bond acceptors (Lipinski definition) is 2. The molecule has 0 spiro atoms. The molecule has 0 atom stereocenters. The third-order valence-electron chi connectivity index (χ3n) is 3.98. The molecule has 2 aromatic heterocycles. The summed E-state index contributed by atoms with van der Waals surface area (Å²) in [5, 5.41) is 2.10. The van der Waals surface area contributed by atoms with Crippen molar-refractivity contribution in [2.24, 2.45) is 0 Å². The molecule has 0 saturated heterocycles. The lowest BCUT2D eigenvalue weighted by atomic mass is 10.0. The van der Waals surface area contributed by atoms with Gasteiger partial charge in [0.2, 0.25) is 0 Å². The molecule has 0 amide bonds. The molecule has 2 heteroatoms. The topological polar surface area (TPSA) is 25.8 Å². The minimum absolute atomic E-state index is 0.585. The van der Waals surface area contributed by atoms with Gasteiger partial charge in [0.25, 0.3) is 0 Å². The maximum atomic E-state index is 5.61. The molecule has 4 rings (SSSR count). The van der Waals surface area contributed by atoms with Crippen LogP contribution in [0.15, 0.2) is 66.9 Å². The molecule has 4 aromatic rings. The van der Waals surface area contributed by atoms with Crippen LogP contribution in [0.25, 0.3) is 34.0 Å². The lowest BCUT2D eigenvalue weighted by Crippen LogP contribution is -1.91. The third kappa shape index (κ3) is 2.53. The van der Waals surface area contributed by atoms with E-state index in [1.54, 1.807) is 6.20 Å². The number of rotatable bonds is 2. The minimum atomic E-state index is 0.585. The van der Waals surface area contributed by atoms with E-state index in [0.29, 0.717) is 5.69 Å². The molecule has 2 nitrogen and oxygen atoms in total. The van der Waals surface area contributed by atoms with Crippen LogP contribution in [0.4, 0.5) is 0 Å². The molecular formula is C22H14N2. The van der Waals surface area contributed by atoms with Gasteiger partial charge in [0.05, 0.1) is 5.52 Å². The van der Waals surface area contributed by atoms with Crippen molar-refractivity contribution < 1.29 is 0 Å². The van der Waals surface area contributed by atoms with E-state index in [-0.39, 0.29) is 0 Å². The van der Waals surface area contributed by atoms with Gasteiger partial charge in [0.15, 0.2) is 0 Å². The summed E-state index contributed by atoms with van der Waals surface area (Å²) in [6, 6.07) is 20.4. The van der Waals surface area contributed by atoms with Crippen LogP contribution in [0.1, 0.15) is 16.8 Å². The largest absolute Gasteiger partial charge is 0.253 e. The van der Waals surface area contributed by atoms with E-state index in [4.69, 9.17) is 6.42 Å². The fourth-order valence-corrected chi connectivity index (χ4v) is 2.81.